The first-order valence-corrected chi connectivity index (χ1v) is 9.63. The summed E-state index contributed by atoms with van der Waals surface area (Å²) in [5.41, 5.74) is 13.6. The summed E-state index contributed by atoms with van der Waals surface area (Å²) in [7, 11) is 0. The Morgan fingerprint density at radius 1 is 0.800 bits per heavy atom. The number of hydrogen-bond acceptors (Lipinski definition) is 3. The third kappa shape index (κ3) is 3.06. The van der Waals surface area contributed by atoms with Crippen LogP contribution in [0.3, 0.4) is 0 Å². The van der Waals surface area contributed by atoms with E-state index in [9.17, 15) is 4.39 Å². The van der Waals surface area contributed by atoms with Crippen LogP contribution in [-0.4, -0.2) is 9.97 Å². The highest BCUT2D eigenvalue weighted by Crippen LogP contribution is 2.41. The molecule has 3 heterocycles. The van der Waals surface area contributed by atoms with E-state index in [0.29, 0.717) is 5.69 Å². The van der Waals surface area contributed by atoms with Crippen molar-refractivity contribution in [1.29, 1.82) is 0 Å². The predicted molar refractivity (Wildman–Crippen MR) is 121 cm³/mol. The van der Waals surface area contributed by atoms with E-state index in [1.165, 1.54) is 12.1 Å². The summed E-state index contributed by atoms with van der Waals surface area (Å²) in [5, 5.41) is 4.34. The second-order valence-electron chi connectivity index (χ2n) is 7.04. The molecule has 0 amide bonds. The zero-order valence-corrected chi connectivity index (χ0v) is 16.1. The SMILES string of the molecule is Nc1ccc2c(-c3ccncc3)c(-c3ccc(F)cc3)[nH]c2c1C1=CC=CC=CN1. The normalized spacial score (nSPS) is 13.2. The predicted octanol–water partition coefficient (Wildman–Crippen LogP) is 5.63. The fraction of sp³-hybridized carbons (Fsp3) is 0. The summed E-state index contributed by atoms with van der Waals surface area (Å²) >= 11 is 0. The van der Waals surface area contributed by atoms with E-state index in [2.05, 4.69) is 15.3 Å². The van der Waals surface area contributed by atoms with Crippen LogP contribution in [0.15, 0.2) is 91.4 Å². The largest absolute Gasteiger partial charge is 0.398 e. The average molecular weight is 394 g/mol. The molecule has 5 heteroatoms. The van der Waals surface area contributed by atoms with Gasteiger partial charge in [0.2, 0.25) is 0 Å². The minimum atomic E-state index is -0.267. The van der Waals surface area contributed by atoms with Gasteiger partial charge in [-0.05, 0) is 65.7 Å². The first kappa shape index (κ1) is 17.9. The number of fused-ring (bicyclic) bond motifs is 1. The fourth-order valence-electron chi connectivity index (χ4n) is 3.83. The molecule has 0 atom stereocenters. The van der Waals surface area contributed by atoms with Crippen LogP contribution in [0.2, 0.25) is 0 Å². The van der Waals surface area contributed by atoms with Gasteiger partial charge in [-0.25, -0.2) is 4.39 Å². The van der Waals surface area contributed by atoms with E-state index >= 15 is 0 Å². The maximum Gasteiger partial charge on any atom is 0.123 e. The van der Waals surface area contributed by atoms with Crippen LogP contribution in [0.25, 0.3) is 39.0 Å². The topological polar surface area (TPSA) is 66.7 Å². The maximum absolute atomic E-state index is 13.6. The van der Waals surface area contributed by atoms with Gasteiger partial charge in [-0.1, -0.05) is 18.2 Å². The third-order valence-electron chi connectivity index (χ3n) is 5.20. The summed E-state index contributed by atoms with van der Waals surface area (Å²) in [5.74, 6) is -0.267. The standard InChI is InChI=1S/C25H19FN4/c26-18-7-5-17(6-8-18)24-22(16-11-14-28-15-12-16)19-9-10-20(27)23(25(19)30-24)21-4-2-1-3-13-29-21/h1-15,29-30H,27H2. The number of allylic oxidation sites excluding steroid dienone is 4. The molecule has 0 fully saturated rings. The maximum atomic E-state index is 13.6. The van der Waals surface area contributed by atoms with Gasteiger partial charge in [0.25, 0.3) is 0 Å². The number of pyridine rings is 1. The molecule has 0 bridgehead atoms. The summed E-state index contributed by atoms with van der Waals surface area (Å²) < 4.78 is 13.6. The van der Waals surface area contributed by atoms with Crippen molar-refractivity contribution in [3.8, 4) is 22.4 Å². The highest BCUT2D eigenvalue weighted by molar-refractivity contribution is 6.09. The summed E-state index contributed by atoms with van der Waals surface area (Å²) in [4.78, 5) is 7.72. The number of H-pyrrole nitrogens is 1. The number of hydrogen-bond donors (Lipinski definition) is 3. The van der Waals surface area contributed by atoms with Gasteiger partial charge in [-0.15, -0.1) is 0 Å². The summed E-state index contributed by atoms with van der Waals surface area (Å²) in [6.45, 7) is 0. The van der Waals surface area contributed by atoms with E-state index < -0.39 is 0 Å². The van der Waals surface area contributed by atoms with Crippen LogP contribution in [0.1, 0.15) is 5.56 Å². The molecule has 4 N–H and O–H groups in total. The van der Waals surface area contributed by atoms with Gasteiger partial charge < -0.3 is 16.0 Å². The Labute approximate surface area is 173 Å². The molecule has 1 aliphatic rings. The quantitative estimate of drug-likeness (QED) is 0.394. The molecule has 0 aliphatic carbocycles. The third-order valence-corrected chi connectivity index (χ3v) is 5.20. The van der Waals surface area contributed by atoms with Crippen LogP contribution in [0.5, 0.6) is 0 Å². The monoisotopic (exact) mass is 394 g/mol. The molecule has 146 valence electrons. The van der Waals surface area contributed by atoms with Crippen molar-refractivity contribution in [3.05, 3.63) is 103 Å². The van der Waals surface area contributed by atoms with E-state index in [1.807, 2.05) is 54.8 Å². The number of halogens is 1. The van der Waals surface area contributed by atoms with Gasteiger partial charge >= 0.3 is 0 Å². The molecule has 2 aromatic heterocycles. The van der Waals surface area contributed by atoms with Crippen LogP contribution >= 0.6 is 0 Å². The second-order valence-corrected chi connectivity index (χ2v) is 7.04. The van der Waals surface area contributed by atoms with Gasteiger partial charge in [0.15, 0.2) is 0 Å². The van der Waals surface area contributed by atoms with Crippen molar-refractivity contribution in [2.75, 3.05) is 5.73 Å². The molecule has 4 aromatic rings. The Hall–Kier alpha value is -4.12. The van der Waals surface area contributed by atoms with Crippen molar-refractivity contribution in [2.45, 2.75) is 0 Å². The van der Waals surface area contributed by atoms with Crippen molar-refractivity contribution in [1.82, 2.24) is 15.3 Å². The lowest BCUT2D eigenvalue weighted by Gasteiger charge is -2.11. The van der Waals surface area contributed by atoms with Crippen molar-refractivity contribution < 1.29 is 4.39 Å². The fourth-order valence-corrected chi connectivity index (χ4v) is 3.83. The van der Waals surface area contributed by atoms with E-state index in [-0.39, 0.29) is 5.82 Å². The first-order valence-electron chi connectivity index (χ1n) is 9.63. The highest BCUT2D eigenvalue weighted by atomic mass is 19.1. The number of nitrogens with one attached hydrogen (secondary N) is 2. The average Bonchev–Trinajstić information content (AvgIpc) is 2.95. The minimum absolute atomic E-state index is 0.267. The van der Waals surface area contributed by atoms with Crippen LogP contribution in [-0.2, 0) is 0 Å². The van der Waals surface area contributed by atoms with Crippen molar-refractivity contribution in [2.24, 2.45) is 0 Å². The molecule has 2 aromatic carbocycles. The highest BCUT2D eigenvalue weighted by Gasteiger charge is 2.20. The lowest BCUT2D eigenvalue weighted by atomic mass is 9.97. The van der Waals surface area contributed by atoms with E-state index in [1.54, 1.807) is 24.5 Å². The molecule has 0 saturated carbocycles. The molecule has 4 nitrogen and oxygen atoms in total. The molecule has 0 radical (unpaired) electrons. The van der Waals surface area contributed by atoms with Crippen LogP contribution in [0, 0.1) is 5.82 Å². The smallest absolute Gasteiger partial charge is 0.123 e. The minimum Gasteiger partial charge on any atom is -0.398 e. The molecular formula is C25H19FN4. The Kier molecular flexibility index (Phi) is 4.41. The number of aromatic amines is 1. The second kappa shape index (κ2) is 7.37. The molecular weight excluding hydrogens is 375 g/mol. The number of aromatic nitrogens is 2. The Morgan fingerprint density at radius 2 is 1.60 bits per heavy atom. The van der Waals surface area contributed by atoms with Crippen molar-refractivity contribution >= 4 is 22.3 Å². The number of nitrogens with two attached hydrogens (primary N) is 1. The van der Waals surface area contributed by atoms with Crippen molar-refractivity contribution in [3.63, 3.8) is 0 Å². The van der Waals surface area contributed by atoms with Gasteiger partial charge in [-0.2, -0.15) is 0 Å². The number of nitrogen functional groups attached to an aromatic ring is 1. The first-order chi connectivity index (χ1) is 14.7. The van der Waals surface area contributed by atoms with E-state index in [0.717, 1.165) is 44.5 Å². The van der Waals surface area contributed by atoms with Gasteiger partial charge in [-0.3, -0.25) is 4.98 Å². The molecule has 0 unspecified atom stereocenters. The Morgan fingerprint density at radius 3 is 2.40 bits per heavy atom. The number of benzene rings is 2. The Bertz CT molecular complexity index is 1310. The zero-order chi connectivity index (χ0) is 20.5. The van der Waals surface area contributed by atoms with E-state index in [4.69, 9.17) is 5.73 Å². The molecule has 5 rings (SSSR count). The summed E-state index contributed by atoms with van der Waals surface area (Å²) in [6.07, 6.45) is 13.3. The lowest BCUT2D eigenvalue weighted by Crippen LogP contribution is -2.06. The number of nitrogens with zero attached hydrogens (tertiary/aromatic N) is 1. The number of rotatable bonds is 3. The molecule has 0 saturated heterocycles. The van der Waals surface area contributed by atoms with Gasteiger partial charge in [0.1, 0.15) is 5.82 Å². The lowest BCUT2D eigenvalue weighted by molar-refractivity contribution is 0.628. The Balaban J connectivity index is 1.84. The van der Waals surface area contributed by atoms with Crippen LogP contribution in [0.4, 0.5) is 10.1 Å². The number of anilines is 1. The van der Waals surface area contributed by atoms with Gasteiger partial charge in [0, 0.05) is 46.5 Å². The molecule has 30 heavy (non-hydrogen) atoms. The van der Waals surface area contributed by atoms with Crippen LogP contribution < -0.4 is 11.1 Å². The summed E-state index contributed by atoms with van der Waals surface area (Å²) in [6, 6.07) is 14.4. The van der Waals surface area contributed by atoms with Gasteiger partial charge in [0.05, 0.1) is 11.2 Å². The molecule has 0 spiro atoms. The molecule has 1 aliphatic heterocycles. The zero-order valence-electron chi connectivity index (χ0n) is 16.1.